The van der Waals surface area contributed by atoms with E-state index in [0.29, 0.717) is 5.78 Å². The predicted molar refractivity (Wildman–Crippen MR) is 83.2 cm³/mol. The molecule has 0 amide bonds. The second-order valence-electron chi connectivity index (χ2n) is 5.69. The van der Waals surface area contributed by atoms with Gasteiger partial charge in [0, 0.05) is 12.3 Å². The van der Waals surface area contributed by atoms with Crippen molar-refractivity contribution in [2.45, 2.75) is 77.6 Å². The summed E-state index contributed by atoms with van der Waals surface area (Å²) in [4.78, 5) is 11.1. The highest BCUT2D eigenvalue weighted by atomic mass is 16.1. The first kappa shape index (κ1) is 16.2. The molecule has 19 heavy (non-hydrogen) atoms. The van der Waals surface area contributed by atoms with E-state index in [1.165, 1.54) is 57.8 Å². The van der Waals surface area contributed by atoms with Crippen molar-refractivity contribution in [1.29, 1.82) is 0 Å². The quantitative estimate of drug-likeness (QED) is 0.349. The SMILES string of the molecule is CCCCCCCCCCC=CC=CC1CCC1=O. The van der Waals surface area contributed by atoms with E-state index in [9.17, 15) is 4.79 Å². The van der Waals surface area contributed by atoms with Crippen molar-refractivity contribution >= 4 is 5.78 Å². The lowest BCUT2D eigenvalue weighted by Gasteiger charge is -2.19. The van der Waals surface area contributed by atoms with E-state index >= 15 is 0 Å². The number of Topliss-reactive ketones (excluding diaryl/α,β-unsaturated/α-hetero) is 1. The molecule has 108 valence electrons. The Morgan fingerprint density at radius 3 is 2.26 bits per heavy atom. The molecule has 1 saturated carbocycles. The van der Waals surface area contributed by atoms with Crippen LogP contribution in [0.1, 0.15) is 77.6 Å². The molecule has 0 bridgehead atoms. The van der Waals surface area contributed by atoms with E-state index in [1.54, 1.807) is 0 Å². The summed E-state index contributed by atoms with van der Waals surface area (Å²) >= 11 is 0. The number of hydrogen-bond donors (Lipinski definition) is 0. The molecule has 0 aromatic carbocycles. The molecule has 1 fully saturated rings. The van der Waals surface area contributed by atoms with Gasteiger partial charge in [-0.05, 0) is 19.3 Å². The van der Waals surface area contributed by atoms with Gasteiger partial charge in [0.1, 0.15) is 5.78 Å². The minimum atomic E-state index is 0.229. The number of rotatable bonds is 11. The van der Waals surface area contributed by atoms with Gasteiger partial charge in [0.2, 0.25) is 0 Å². The summed E-state index contributed by atoms with van der Waals surface area (Å²) in [6.45, 7) is 2.27. The molecule has 0 N–H and O–H groups in total. The minimum Gasteiger partial charge on any atom is -0.299 e. The molecule has 1 aliphatic rings. The van der Waals surface area contributed by atoms with Crippen LogP contribution in [0.3, 0.4) is 0 Å². The van der Waals surface area contributed by atoms with Gasteiger partial charge in [-0.25, -0.2) is 0 Å². The Labute approximate surface area is 119 Å². The van der Waals surface area contributed by atoms with Gasteiger partial charge in [-0.3, -0.25) is 4.79 Å². The van der Waals surface area contributed by atoms with Crippen LogP contribution >= 0.6 is 0 Å². The van der Waals surface area contributed by atoms with Crippen LogP contribution in [0.4, 0.5) is 0 Å². The fraction of sp³-hybridized carbons (Fsp3) is 0.722. The molecule has 1 nitrogen and oxygen atoms in total. The van der Waals surface area contributed by atoms with E-state index in [4.69, 9.17) is 0 Å². The van der Waals surface area contributed by atoms with Gasteiger partial charge in [0.25, 0.3) is 0 Å². The van der Waals surface area contributed by atoms with Crippen molar-refractivity contribution < 1.29 is 4.79 Å². The summed E-state index contributed by atoms with van der Waals surface area (Å²) in [6, 6.07) is 0. The largest absolute Gasteiger partial charge is 0.299 e. The molecule has 0 aliphatic heterocycles. The maximum atomic E-state index is 11.1. The number of ketones is 1. The predicted octanol–water partition coefficient (Wildman–Crippen LogP) is 5.61. The monoisotopic (exact) mass is 262 g/mol. The van der Waals surface area contributed by atoms with Gasteiger partial charge in [0.05, 0.1) is 0 Å². The van der Waals surface area contributed by atoms with Crippen molar-refractivity contribution in [2.24, 2.45) is 5.92 Å². The van der Waals surface area contributed by atoms with Gasteiger partial charge in [-0.1, -0.05) is 76.2 Å². The average molecular weight is 262 g/mol. The Balaban J connectivity index is 1.83. The molecule has 1 rings (SSSR count). The lowest BCUT2D eigenvalue weighted by atomic mass is 9.83. The second kappa shape index (κ2) is 11.0. The topological polar surface area (TPSA) is 17.1 Å². The highest BCUT2D eigenvalue weighted by Gasteiger charge is 2.24. The standard InChI is InChI=1S/C18H30O/c1-2-3-4-5-6-7-8-9-10-11-12-13-14-17-15-16-18(17)19/h11-14,17H,2-10,15-16H2,1H3. The summed E-state index contributed by atoms with van der Waals surface area (Å²) in [7, 11) is 0. The third-order valence-electron chi connectivity index (χ3n) is 3.93. The van der Waals surface area contributed by atoms with Crippen LogP contribution in [0.25, 0.3) is 0 Å². The van der Waals surface area contributed by atoms with Crippen molar-refractivity contribution in [3.8, 4) is 0 Å². The lowest BCUT2D eigenvalue weighted by Crippen LogP contribution is -2.22. The van der Waals surface area contributed by atoms with Crippen LogP contribution in [0.2, 0.25) is 0 Å². The average Bonchev–Trinajstić information content (AvgIpc) is 2.42. The minimum absolute atomic E-state index is 0.229. The van der Waals surface area contributed by atoms with E-state index in [-0.39, 0.29) is 5.92 Å². The van der Waals surface area contributed by atoms with Crippen molar-refractivity contribution in [3.05, 3.63) is 24.3 Å². The summed E-state index contributed by atoms with van der Waals surface area (Å²) in [5.41, 5.74) is 0. The highest BCUT2D eigenvalue weighted by Crippen LogP contribution is 2.23. The first-order valence-electron chi connectivity index (χ1n) is 8.20. The van der Waals surface area contributed by atoms with Crippen molar-refractivity contribution in [2.75, 3.05) is 0 Å². The maximum Gasteiger partial charge on any atom is 0.139 e. The number of allylic oxidation sites excluding steroid dienone is 4. The summed E-state index contributed by atoms with van der Waals surface area (Å²) < 4.78 is 0. The fourth-order valence-corrected chi connectivity index (χ4v) is 2.40. The zero-order chi connectivity index (χ0) is 13.8. The third-order valence-corrected chi connectivity index (χ3v) is 3.93. The molecule has 0 saturated heterocycles. The molecule has 1 heteroatoms. The highest BCUT2D eigenvalue weighted by molar-refractivity contribution is 5.87. The Kier molecular flexibility index (Phi) is 9.40. The molecule has 0 radical (unpaired) electrons. The van der Waals surface area contributed by atoms with Crippen molar-refractivity contribution in [1.82, 2.24) is 0 Å². The fourth-order valence-electron chi connectivity index (χ4n) is 2.40. The molecule has 0 aromatic heterocycles. The van der Waals surface area contributed by atoms with Gasteiger partial charge in [0.15, 0.2) is 0 Å². The number of hydrogen-bond acceptors (Lipinski definition) is 1. The van der Waals surface area contributed by atoms with Crippen LogP contribution in [-0.2, 0) is 4.79 Å². The first-order chi connectivity index (χ1) is 9.34. The van der Waals surface area contributed by atoms with Gasteiger partial charge in [-0.15, -0.1) is 0 Å². The summed E-state index contributed by atoms with van der Waals surface area (Å²) in [5, 5.41) is 0. The normalized spacial score (nSPS) is 19.4. The third kappa shape index (κ3) is 8.02. The molecular formula is C18H30O. The van der Waals surface area contributed by atoms with Crippen molar-refractivity contribution in [3.63, 3.8) is 0 Å². The zero-order valence-electron chi connectivity index (χ0n) is 12.6. The van der Waals surface area contributed by atoms with Crippen LogP contribution in [-0.4, -0.2) is 5.78 Å². The van der Waals surface area contributed by atoms with E-state index in [2.05, 4.69) is 25.2 Å². The molecular weight excluding hydrogens is 232 g/mol. The Morgan fingerprint density at radius 2 is 1.68 bits per heavy atom. The Morgan fingerprint density at radius 1 is 1.00 bits per heavy atom. The molecule has 1 aliphatic carbocycles. The Bertz CT molecular complexity index is 288. The molecule has 0 spiro atoms. The van der Waals surface area contributed by atoms with E-state index in [1.807, 2.05) is 6.08 Å². The van der Waals surface area contributed by atoms with Gasteiger partial charge >= 0.3 is 0 Å². The zero-order valence-corrected chi connectivity index (χ0v) is 12.6. The van der Waals surface area contributed by atoms with Gasteiger partial charge < -0.3 is 0 Å². The van der Waals surface area contributed by atoms with E-state index in [0.717, 1.165) is 12.8 Å². The molecule has 0 aromatic rings. The lowest BCUT2D eigenvalue weighted by molar-refractivity contribution is -0.127. The molecule has 0 heterocycles. The summed E-state index contributed by atoms with van der Waals surface area (Å²) in [6.07, 6.45) is 22.5. The molecule has 1 unspecified atom stereocenters. The maximum absolute atomic E-state index is 11.1. The van der Waals surface area contributed by atoms with Crippen LogP contribution in [0.5, 0.6) is 0 Å². The van der Waals surface area contributed by atoms with Crippen LogP contribution < -0.4 is 0 Å². The number of unbranched alkanes of at least 4 members (excludes halogenated alkanes) is 8. The number of carbonyl (C=O) groups is 1. The smallest absolute Gasteiger partial charge is 0.139 e. The van der Waals surface area contributed by atoms with E-state index < -0.39 is 0 Å². The second-order valence-corrected chi connectivity index (χ2v) is 5.69. The van der Waals surface area contributed by atoms with Crippen LogP contribution in [0.15, 0.2) is 24.3 Å². The first-order valence-corrected chi connectivity index (χ1v) is 8.20. The van der Waals surface area contributed by atoms with Crippen LogP contribution in [0, 0.1) is 5.92 Å². The summed E-state index contributed by atoms with van der Waals surface area (Å²) in [5.74, 6) is 0.639. The number of carbonyl (C=O) groups excluding carboxylic acids is 1. The van der Waals surface area contributed by atoms with Gasteiger partial charge in [-0.2, -0.15) is 0 Å². The Hall–Kier alpha value is -0.850. The molecule has 1 atom stereocenters.